The largest absolute Gasteiger partial charge is 0.338 e. The molecule has 0 radical (unpaired) electrons. The minimum atomic E-state index is -0.304. The number of hydrogen-bond donors (Lipinski definition) is 0. The zero-order chi connectivity index (χ0) is 22.1. The lowest BCUT2D eigenvalue weighted by molar-refractivity contribution is 0.0706. The van der Waals surface area contributed by atoms with Crippen LogP contribution in [0, 0.1) is 12.7 Å². The molecule has 0 bridgehead atoms. The van der Waals surface area contributed by atoms with Gasteiger partial charge >= 0.3 is 0 Å². The highest BCUT2D eigenvalue weighted by Gasteiger charge is 2.29. The number of carbonyl (C=O) groups excluding carboxylic acids is 1. The highest BCUT2D eigenvalue weighted by molar-refractivity contribution is 7.14. The molecule has 1 amide bonds. The normalized spacial score (nSPS) is 16.3. The van der Waals surface area contributed by atoms with Gasteiger partial charge in [0.1, 0.15) is 10.8 Å². The summed E-state index contributed by atoms with van der Waals surface area (Å²) < 4.78 is 15.9. The predicted octanol–water partition coefficient (Wildman–Crippen LogP) is 4.86. The zero-order valence-corrected chi connectivity index (χ0v) is 18.4. The van der Waals surface area contributed by atoms with Gasteiger partial charge in [0, 0.05) is 24.6 Å². The Balaban J connectivity index is 1.34. The maximum absolute atomic E-state index is 14.1. The van der Waals surface area contributed by atoms with E-state index in [0.717, 1.165) is 29.2 Å². The van der Waals surface area contributed by atoms with Crippen LogP contribution >= 0.6 is 11.3 Å². The summed E-state index contributed by atoms with van der Waals surface area (Å²) in [4.78, 5) is 15.2. The monoisotopic (exact) mass is 447 g/mol. The SMILES string of the molecule is Cc1c(C(=O)N2CCC[C@@H](c3nnc(-c4ccccc4F)s3)C2)cnn1-c1ccccc1. The van der Waals surface area contributed by atoms with E-state index in [1.165, 1.54) is 17.4 Å². The van der Waals surface area contributed by atoms with Gasteiger partial charge in [-0.2, -0.15) is 5.10 Å². The summed E-state index contributed by atoms with van der Waals surface area (Å²) in [5, 5.41) is 14.4. The molecule has 5 rings (SSSR count). The molecule has 2 aromatic heterocycles. The molecule has 1 atom stereocenters. The molecule has 8 heteroatoms. The summed E-state index contributed by atoms with van der Waals surface area (Å²) in [6.07, 6.45) is 3.46. The second-order valence-electron chi connectivity index (χ2n) is 7.91. The Kier molecular flexibility index (Phi) is 5.53. The first-order chi connectivity index (χ1) is 15.6. The summed E-state index contributed by atoms with van der Waals surface area (Å²) >= 11 is 1.40. The Morgan fingerprint density at radius 2 is 1.88 bits per heavy atom. The minimum Gasteiger partial charge on any atom is -0.338 e. The van der Waals surface area contributed by atoms with E-state index in [9.17, 15) is 9.18 Å². The molecule has 0 saturated carbocycles. The summed E-state index contributed by atoms with van der Waals surface area (Å²) in [5.74, 6) is -0.232. The highest BCUT2D eigenvalue weighted by atomic mass is 32.1. The number of para-hydroxylation sites is 1. The van der Waals surface area contributed by atoms with Crippen molar-refractivity contribution < 1.29 is 9.18 Å². The third-order valence-electron chi connectivity index (χ3n) is 5.84. The van der Waals surface area contributed by atoms with E-state index < -0.39 is 0 Å². The van der Waals surface area contributed by atoms with Crippen LogP contribution in [0.3, 0.4) is 0 Å². The van der Waals surface area contributed by atoms with Gasteiger partial charge in [-0.3, -0.25) is 4.79 Å². The first-order valence-electron chi connectivity index (χ1n) is 10.6. The van der Waals surface area contributed by atoms with Crippen molar-refractivity contribution in [3.63, 3.8) is 0 Å². The molecule has 1 aliphatic rings. The van der Waals surface area contributed by atoms with Crippen molar-refractivity contribution in [1.29, 1.82) is 0 Å². The average molecular weight is 448 g/mol. The van der Waals surface area contributed by atoms with Crippen LogP contribution in [-0.4, -0.2) is 43.9 Å². The lowest BCUT2D eigenvalue weighted by Crippen LogP contribution is -2.39. The first kappa shape index (κ1) is 20.5. The van der Waals surface area contributed by atoms with Crippen LogP contribution in [0.1, 0.15) is 39.8 Å². The molecule has 6 nitrogen and oxygen atoms in total. The van der Waals surface area contributed by atoms with Gasteiger partial charge in [-0.25, -0.2) is 9.07 Å². The van der Waals surface area contributed by atoms with Crippen molar-refractivity contribution >= 4 is 17.2 Å². The Morgan fingerprint density at radius 1 is 1.09 bits per heavy atom. The first-order valence-corrected chi connectivity index (χ1v) is 11.4. The van der Waals surface area contributed by atoms with Gasteiger partial charge < -0.3 is 4.90 Å². The molecular formula is C24H22FN5OS. The van der Waals surface area contributed by atoms with Gasteiger partial charge in [0.05, 0.1) is 23.1 Å². The topological polar surface area (TPSA) is 63.9 Å². The highest BCUT2D eigenvalue weighted by Crippen LogP contribution is 2.34. The number of likely N-dealkylation sites (tertiary alicyclic amines) is 1. The predicted molar refractivity (Wildman–Crippen MR) is 121 cm³/mol. The van der Waals surface area contributed by atoms with Crippen LogP contribution in [0.2, 0.25) is 0 Å². The molecular weight excluding hydrogens is 425 g/mol. The van der Waals surface area contributed by atoms with Gasteiger partial charge in [-0.05, 0) is 44.0 Å². The number of halogens is 1. The lowest BCUT2D eigenvalue weighted by atomic mass is 9.98. The van der Waals surface area contributed by atoms with Gasteiger partial charge in [0.2, 0.25) is 0 Å². The van der Waals surface area contributed by atoms with E-state index in [-0.39, 0.29) is 17.6 Å². The van der Waals surface area contributed by atoms with Crippen LogP contribution in [0.25, 0.3) is 16.3 Å². The van der Waals surface area contributed by atoms with Crippen molar-refractivity contribution in [2.75, 3.05) is 13.1 Å². The zero-order valence-electron chi connectivity index (χ0n) is 17.6. The summed E-state index contributed by atoms with van der Waals surface area (Å²) in [6, 6.07) is 16.4. The van der Waals surface area contributed by atoms with Crippen molar-refractivity contribution in [1.82, 2.24) is 24.9 Å². The fourth-order valence-electron chi connectivity index (χ4n) is 4.13. The fourth-order valence-corrected chi connectivity index (χ4v) is 5.12. The van der Waals surface area contributed by atoms with Crippen LogP contribution in [0.5, 0.6) is 0 Å². The summed E-state index contributed by atoms with van der Waals surface area (Å²) in [6.45, 7) is 3.19. The Labute approximate surface area is 189 Å². The summed E-state index contributed by atoms with van der Waals surface area (Å²) in [7, 11) is 0. The molecule has 0 spiro atoms. The number of nitrogens with zero attached hydrogens (tertiary/aromatic N) is 5. The van der Waals surface area contributed by atoms with Gasteiger partial charge in [-0.15, -0.1) is 10.2 Å². The third-order valence-corrected chi connectivity index (χ3v) is 6.96. The Hall–Kier alpha value is -3.39. The van der Waals surface area contributed by atoms with Crippen LogP contribution < -0.4 is 0 Å². The molecule has 3 heterocycles. The third kappa shape index (κ3) is 3.82. The van der Waals surface area contributed by atoms with Gasteiger partial charge in [-0.1, -0.05) is 41.7 Å². The second kappa shape index (κ2) is 8.63. The summed E-state index contributed by atoms with van der Waals surface area (Å²) in [5.41, 5.74) is 2.82. The number of carbonyl (C=O) groups is 1. The maximum atomic E-state index is 14.1. The van der Waals surface area contributed by atoms with Gasteiger partial charge in [0.25, 0.3) is 5.91 Å². The number of amides is 1. The number of piperidine rings is 1. The second-order valence-corrected chi connectivity index (χ2v) is 8.92. The van der Waals surface area contributed by atoms with E-state index in [1.807, 2.05) is 42.2 Å². The van der Waals surface area contributed by atoms with Crippen LogP contribution in [-0.2, 0) is 0 Å². The number of hydrogen-bond acceptors (Lipinski definition) is 5. The average Bonchev–Trinajstić information content (AvgIpc) is 3.47. The van der Waals surface area contributed by atoms with Crippen LogP contribution in [0.4, 0.5) is 4.39 Å². The van der Waals surface area contributed by atoms with E-state index >= 15 is 0 Å². The van der Waals surface area contributed by atoms with Crippen molar-refractivity contribution in [2.45, 2.75) is 25.7 Å². The molecule has 162 valence electrons. The minimum absolute atomic E-state index is 0.0202. The molecule has 2 aromatic carbocycles. The maximum Gasteiger partial charge on any atom is 0.257 e. The Morgan fingerprint density at radius 3 is 2.69 bits per heavy atom. The molecule has 32 heavy (non-hydrogen) atoms. The molecule has 1 saturated heterocycles. The molecule has 1 fully saturated rings. The molecule has 0 N–H and O–H groups in total. The molecule has 0 unspecified atom stereocenters. The van der Waals surface area contributed by atoms with E-state index in [0.29, 0.717) is 29.2 Å². The Bertz CT molecular complexity index is 1250. The molecule has 1 aliphatic heterocycles. The smallest absolute Gasteiger partial charge is 0.257 e. The van der Waals surface area contributed by atoms with Crippen molar-refractivity contribution in [3.05, 3.63) is 82.9 Å². The van der Waals surface area contributed by atoms with Crippen LogP contribution in [0.15, 0.2) is 60.8 Å². The van der Waals surface area contributed by atoms with Crippen molar-refractivity contribution in [3.8, 4) is 16.3 Å². The fraction of sp³-hybridized carbons (Fsp3) is 0.250. The van der Waals surface area contributed by atoms with E-state index in [1.54, 1.807) is 29.1 Å². The molecule has 4 aromatic rings. The number of benzene rings is 2. The van der Waals surface area contributed by atoms with Gasteiger partial charge in [0.15, 0.2) is 5.01 Å². The van der Waals surface area contributed by atoms with Crippen molar-refractivity contribution in [2.24, 2.45) is 0 Å². The van der Waals surface area contributed by atoms with E-state index in [4.69, 9.17) is 0 Å². The lowest BCUT2D eigenvalue weighted by Gasteiger charge is -2.31. The quantitative estimate of drug-likeness (QED) is 0.448. The van der Waals surface area contributed by atoms with E-state index in [2.05, 4.69) is 15.3 Å². The molecule has 0 aliphatic carbocycles. The standard InChI is InChI=1S/C24H22FN5OS/c1-16-20(14-26-30(16)18-9-3-2-4-10-18)24(31)29-13-7-8-17(15-29)22-27-28-23(32-22)19-11-5-6-12-21(19)25/h2-6,9-12,14,17H,7-8,13,15H2,1H3/t17-/m1/s1. The number of rotatable bonds is 4. The number of aromatic nitrogens is 4.